The fourth-order valence-electron chi connectivity index (χ4n) is 2.41. The van der Waals surface area contributed by atoms with Crippen LogP contribution >= 0.6 is 0 Å². The van der Waals surface area contributed by atoms with Crippen molar-refractivity contribution in [1.29, 1.82) is 0 Å². The van der Waals surface area contributed by atoms with Crippen LogP contribution in [-0.2, 0) is 0 Å². The molecular formula is C9H15F3N2. The summed E-state index contributed by atoms with van der Waals surface area (Å²) in [6.07, 6.45) is -1.04. The molecule has 2 bridgehead atoms. The number of likely N-dealkylation sites (tertiary alicyclic amines) is 1. The SMILES string of the molecule is FC(F)(F)CN1CC[C@H]2CC[C@@H](C1)N2. The van der Waals surface area contributed by atoms with Gasteiger partial charge in [-0.25, -0.2) is 0 Å². The van der Waals surface area contributed by atoms with Crippen LogP contribution in [0.15, 0.2) is 0 Å². The maximum atomic E-state index is 12.2. The van der Waals surface area contributed by atoms with Gasteiger partial charge in [-0.3, -0.25) is 4.90 Å². The molecule has 82 valence electrons. The minimum atomic E-state index is -4.05. The molecule has 0 aromatic heterocycles. The number of nitrogens with one attached hydrogen (secondary N) is 1. The first-order chi connectivity index (χ1) is 6.53. The normalized spacial score (nSPS) is 34.5. The Morgan fingerprint density at radius 2 is 1.86 bits per heavy atom. The van der Waals surface area contributed by atoms with E-state index in [1.54, 1.807) is 0 Å². The van der Waals surface area contributed by atoms with Crippen molar-refractivity contribution in [3.63, 3.8) is 0 Å². The lowest BCUT2D eigenvalue weighted by Gasteiger charge is -2.24. The van der Waals surface area contributed by atoms with E-state index in [-0.39, 0.29) is 6.04 Å². The fraction of sp³-hybridized carbons (Fsp3) is 1.00. The van der Waals surface area contributed by atoms with Gasteiger partial charge < -0.3 is 5.32 Å². The summed E-state index contributed by atoms with van der Waals surface area (Å²) in [7, 11) is 0. The first-order valence-corrected chi connectivity index (χ1v) is 5.08. The molecule has 0 aliphatic carbocycles. The summed E-state index contributed by atoms with van der Waals surface area (Å²) in [4.78, 5) is 1.52. The van der Waals surface area contributed by atoms with Crippen molar-refractivity contribution >= 4 is 0 Å². The van der Waals surface area contributed by atoms with Gasteiger partial charge in [-0.05, 0) is 19.3 Å². The third-order valence-corrected chi connectivity index (χ3v) is 3.01. The number of hydrogen-bond donors (Lipinski definition) is 1. The Morgan fingerprint density at radius 3 is 2.57 bits per heavy atom. The number of halogens is 3. The van der Waals surface area contributed by atoms with Crippen molar-refractivity contribution in [2.45, 2.75) is 37.5 Å². The molecule has 0 aromatic rings. The van der Waals surface area contributed by atoms with Crippen LogP contribution in [0.25, 0.3) is 0 Å². The topological polar surface area (TPSA) is 15.3 Å². The number of fused-ring (bicyclic) bond motifs is 2. The Kier molecular flexibility index (Phi) is 2.70. The van der Waals surface area contributed by atoms with Crippen molar-refractivity contribution in [2.75, 3.05) is 19.6 Å². The lowest BCUT2D eigenvalue weighted by Crippen LogP contribution is -2.40. The van der Waals surface area contributed by atoms with Crippen molar-refractivity contribution in [2.24, 2.45) is 0 Å². The Bertz CT molecular complexity index is 205. The Morgan fingerprint density at radius 1 is 1.14 bits per heavy atom. The molecule has 0 amide bonds. The second kappa shape index (κ2) is 3.70. The number of rotatable bonds is 1. The first-order valence-electron chi connectivity index (χ1n) is 5.08. The molecule has 2 fully saturated rings. The van der Waals surface area contributed by atoms with E-state index in [2.05, 4.69) is 5.32 Å². The van der Waals surface area contributed by atoms with Gasteiger partial charge in [-0.2, -0.15) is 13.2 Å². The summed E-state index contributed by atoms with van der Waals surface area (Å²) in [5, 5.41) is 3.36. The number of hydrogen-bond acceptors (Lipinski definition) is 2. The van der Waals surface area contributed by atoms with E-state index in [1.165, 1.54) is 4.90 Å². The second-order valence-corrected chi connectivity index (χ2v) is 4.28. The molecule has 0 spiro atoms. The molecule has 2 rings (SSSR count). The van der Waals surface area contributed by atoms with Crippen LogP contribution in [0.4, 0.5) is 13.2 Å². The van der Waals surface area contributed by atoms with Crippen LogP contribution in [0, 0.1) is 0 Å². The molecule has 2 saturated heterocycles. The van der Waals surface area contributed by atoms with E-state index in [9.17, 15) is 13.2 Å². The predicted octanol–water partition coefficient (Wildman–Crippen LogP) is 1.37. The summed E-state index contributed by atoms with van der Waals surface area (Å²) in [5.74, 6) is 0. The van der Waals surface area contributed by atoms with Crippen LogP contribution in [0.5, 0.6) is 0 Å². The van der Waals surface area contributed by atoms with E-state index >= 15 is 0 Å². The van der Waals surface area contributed by atoms with Gasteiger partial charge in [0.1, 0.15) is 0 Å². The van der Waals surface area contributed by atoms with E-state index in [0.29, 0.717) is 19.1 Å². The lowest BCUT2D eigenvalue weighted by molar-refractivity contribution is -0.146. The van der Waals surface area contributed by atoms with Gasteiger partial charge in [0.25, 0.3) is 0 Å². The van der Waals surface area contributed by atoms with Crippen LogP contribution in [0.3, 0.4) is 0 Å². The Hall–Kier alpha value is -0.290. The highest BCUT2D eigenvalue weighted by molar-refractivity contribution is 4.89. The maximum Gasteiger partial charge on any atom is 0.401 e. The van der Waals surface area contributed by atoms with Crippen LogP contribution in [0.2, 0.25) is 0 Å². The van der Waals surface area contributed by atoms with Crippen molar-refractivity contribution in [1.82, 2.24) is 10.2 Å². The summed E-state index contributed by atoms with van der Waals surface area (Å²) >= 11 is 0. The van der Waals surface area contributed by atoms with Gasteiger partial charge in [0.05, 0.1) is 6.54 Å². The van der Waals surface area contributed by atoms with E-state index in [4.69, 9.17) is 0 Å². The highest BCUT2D eigenvalue weighted by Gasteiger charge is 2.35. The van der Waals surface area contributed by atoms with Crippen LogP contribution in [0.1, 0.15) is 19.3 Å². The van der Waals surface area contributed by atoms with Gasteiger partial charge in [-0.1, -0.05) is 0 Å². The van der Waals surface area contributed by atoms with Gasteiger partial charge in [-0.15, -0.1) is 0 Å². The third-order valence-electron chi connectivity index (χ3n) is 3.01. The van der Waals surface area contributed by atoms with E-state index in [0.717, 1.165) is 19.3 Å². The van der Waals surface area contributed by atoms with Crippen molar-refractivity contribution in [3.05, 3.63) is 0 Å². The molecule has 0 saturated carbocycles. The lowest BCUT2D eigenvalue weighted by atomic mass is 10.1. The fourth-order valence-corrected chi connectivity index (χ4v) is 2.41. The van der Waals surface area contributed by atoms with Gasteiger partial charge in [0, 0.05) is 25.2 Å². The summed E-state index contributed by atoms with van der Waals surface area (Å²) < 4.78 is 36.5. The molecule has 0 radical (unpaired) electrons. The molecule has 0 aromatic carbocycles. The predicted molar refractivity (Wildman–Crippen MR) is 47.1 cm³/mol. The average molecular weight is 208 g/mol. The molecule has 2 atom stereocenters. The van der Waals surface area contributed by atoms with E-state index < -0.39 is 12.7 Å². The smallest absolute Gasteiger partial charge is 0.310 e. The monoisotopic (exact) mass is 208 g/mol. The molecule has 5 heteroatoms. The third kappa shape index (κ3) is 2.60. The molecule has 2 aliphatic heterocycles. The standard InChI is InChI=1S/C9H15F3N2/c10-9(11,12)6-14-4-3-7-1-2-8(5-14)13-7/h7-8,13H,1-6H2/t7-,8+/m1/s1. The largest absolute Gasteiger partial charge is 0.401 e. The van der Waals surface area contributed by atoms with Crippen molar-refractivity contribution in [3.8, 4) is 0 Å². The average Bonchev–Trinajstić information content (AvgIpc) is 2.35. The zero-order valence-electron chi connectivity index (χ0n) is 7.98. The molecule has 2 nitrogen and oxygen atoms in total. The number of nitrogens with zero attached hydrogens (tertiary/aromatic N) is 1. The highest BCUT2D eigenvalue weighted by Crippen LogP contribution is 2.23. The minimum Gasteiger partial charge on any atom is -0.310 e. The molecule has 2 aliphatic rings. The van der Waals surface area contributed by atoms with Crippen LogP contribution in [-0.4, -0.2) is 42.8 Å². The van der Waals surface area contributed by atoms with Gasteiger partial charge >= 0.3 is 6.18 Å². The number of alkyl halides is 3. The van der Waals surface area contributed by atoms with Gasteiger partial charge in [0.2, 0.25) is 0 Å². The quantitative estimate of drug-likeness (QED) is 0.700. The zero-order valence-corrected chi connectivity index (χ0v) is 7.98. The summed E-state index contributed by atoms with van der Waals surface area (Å²) in [6, 6.07) is 0.739. The highest BCUT2D eigenvalue weighted by atomic mass is 19.4. The molecular weight excluding hydrogens is 193 g/mol. The van der Waals surface area contributed by atoms with Crippen molar-refractivity contribution < 1.29 is 13.2 Å². The zero-order chi connectivity index (χ0) is 10.2. The second-order valence-electron chi connectivity index (χ2n) is 4.28. The Balaban J connectivity index is 1.89. The van der Waals surface area contributed by atoms with Gasteiger partial charge in [0.15, 0.2) is 0 Å². The molecule has 1 N–H and O–H groups in total. The summed E-state index contributed by atoms with van der Waals surface area (Å²) in [5.41, 5.74) is 0. The molecule has 14 heavy (non-hydrogen) atoms. The molecule has 0 unspecified atom stereocenters. The Labute approximate surface area is 81.5 Å². The summed E-state index contributed by atoms with van der Waals surface area (Å²) in [6.45, 7) is 0.377. The minimum absolute atomic E-state index is 0.282. The van der Waals surface area contributed by atoms with E-state index in [1.807, 2.05) is 0 Å². The van der Waals surface area contributed by atoms with Crippen LogP contribution < -0.4 is 5.32 Å². The first kappa shape index (κ1) is 10.2. The maximum absolute atomic E-state index is 12.2. The molecule has 2 heterocycles.